The minimum Gasteiger partial charge on any atom is -0.496 e. The van der Waals surface area contributed by atoms with Crippen LogP contribution in [0.2, 0.25) is 0 Å². The van der Waals surface area contributed by atoms with Crippen LogP contribution in [0.4, 0.5) is 5.69 Å². The lowest BCUT2D eigenvalue weighted by Gasteiger charge is -2.23. The summed E-state index contributed by atoms with van der Waals surface area (Å²) in [6.45, 7) is 0. The molecule has 2 nitrogen and oxygen atoms in total. The van der Waals surface area contributed by atoms with Gasteiger partial charge in [0.25, 0.3) is 0 Å². The summed E-state index contributed by atoms with van der Waals surface area (Å²) in [5.41, 5.74) is 2.48. The molecule has 0 saturated heterocycles. The van der Waals surface area contributed by atoms with E-state index in [1.165, 1.54) is 16.1 Å². The van der Waals surface area contributed by atoms with Gasteiger partial charge in [0.05, 0.1) is 12.8 Å². The number of anilines is 1. The maximum absolute atomic E-state index is 5.52. The molecule has 0 bridgehead atoms. The lowest BCUT2D eigenvalue weighted by Crippen LogP contribution is -2.17. The number of rotatable bonds is 2. The van der Waals surface area contributed by atoms with Crippen molar-refractivity contribution in [2.45, 2.75) is 10.3 Å². The van der Waals surface area contributed by atoms with Gasteiger partial charge in [-0.15, -0.1) is 0 Å². The summed E-state index contributed by atoms with van der Waals surface area (Å²) in [4.78, 5) is 3.62. The van der Waals surface area contributed by atoms with Gasteiger partial charge in [0.15, 0.2) is 0 Å². The summed E-state index contributed by atoms with van der Waals surface area (Å²) >= 11 is 5.35. The summed E-state index contributed by atoms with van der Waals surface area (Å²) in [5.74, 6) is 0.923. The first-order valence-electron chi connectivity index (χ1n) is 6.02. The highest BCUT2D eigenvalue weighted by Gasteiger charge is 2.30. The van der Waals surface area contributed by atoms with E-state index in [0.29, 0.717) is 0 Å². The molecule has 2 aromatic carbocycles. The molecule has 0 amide bonds. The first-order valence-corrected chi connectivity index (χ1v) is 7.70. The molecule has 2 aromatic rings. The third kappa shape index (κ3) is 2.23. The molecule has 0 N–H and O–H groups in total. The van der Waals surface area contributed by atoms with Crippen molar-refractivity contribution < 1.29 is 4.74 Å². The van der Waals surface area contributed by atoms with Crippen molar-refractivity contribution in [2.24, 2.45) is 0 Å². The van der Waals surface area contributed by atoms with Gasteiger partial charge in [-0.3, -0.25) is 0 Å². The lowest BCUT2D eigenvalue weighted by atomic mass is 10.1. The monoisotopic (exact) mass is 335 g/mol. The van der Waals surface area contributed by atoms with Crippen LogP contribution in [0.15, 0.2) is 51.8 Å². The van der Waals surface area contributed by atoms with Crippen molar-refractivity contribution in [2.75, 3.05) is 19.1 Å². The molecular weight excluding hydrogens is 322 g/mol. The van der Waals surface area contributed by atoms with Crippen LogP contribution in [0, 0.1) is 0 Å². The highest BCUT2D eigenvalue weighted by molar-refractivity contribution is 9.10. The normalized spacial score (nSPS) is 17.4. The Morgan fingerprint density at radius 3 is 2.74 bits per heavy atom. The van der Waals surface area contributed by atoms with Gasteiger partial charge in [-0.2, -0.15) is 0 Å². The first kappa shape index (κ1) is 12.9. The standard InChI is InChI=1S/C15H14BrNOS/c1-17-12-5-3-4-6-14(12)19-15(17)11-8-7-10(16)9-13(11)18-2/h3-9,15H,1-2H3. The van der Waals surface area contributed by atoms with E-state index < -0.39 is 0 Å². The summed E-state index contributed by atoms with van der Waals surface area (Å²) in [5, 5.41) is 0.264. The van der Waals surface area contributed by atoms with Gasteiger partial charge in [0, 0.05) is 22.0 Å². The van der Waals surface area contributed by atoms with Gasteiger partial charge >= 0.3 is 0 Å². The molecule has 19 heavy (non-hydrogen) atoms. The largest absolute Gasteiger partial charge is 0.496 e. The van der Waals surface area contributed by atoms with Crippen molar-refractivity contribution in [3.8, 4) is 5.75 Å². The number of fused-ring (bicyclic) bond motifs is 1. The number of ether oxygens (including phenoxy) is 1. The van der Waals surface area contributed by atoms with E-state index in [9.17, 15) is 0 Å². The number of halogens is 1. The second kappa shape index (κ2) is 5.10. The molecule has 1 atom stereocenters. The van der Waals surface area contributed by atoms with E-state index in [1.54, 1.807) is 7.11 Å². The zero-order chi connectivity index (χ0) is 13.4. The van der Waals surface area contributed by atoms with Crippen LogP contribution in [-0.2, 0) is 0 Å². The number of para-hydroxylation sites is 1. The minimum absolute atomic E-state index is 0.264. The van der Waals surface area contributed by atoms with Crippen molar-refractivity contribution in [3.05, 3.63) is 52.5 Å². The lowest BCUT2D eigenvalue weighted by molar-refractivity contribution is 0.409. The van der Waals surface area contributed by atoms with Crippen molar-refractivity contribution >= 4 is 33.4 Å². The van der Waals surface area contributed by atoms with Gasteiger partial charge in [-0.05, 0) is 24.3 Å². The van der Waals surface area contributed by atoms with Crippen molar-refractivity contribution in [1.82, 2.24) is 0 Å². The Kier molecular flexibility index (Phi) is 3.46. The highest BCUT2D eigenvalue weighted by Crippen LogP contribution is 2.52. The molecule has 0 radical (unpaired) electrons. The fourth-order valence-electron chi connectivity index (χ4n) is 2.33. The molecule has 1 heterocycles. The Bertz CT molecular complexity index is 617. The molecule has 4 heteroatoms. The first-order chi connectivity index (χ1) is 9.20. The van der Waals surface area contributed by atoms with E-state index in [4.69, 9.17) is 4.74 Å². The maximum Gasteiger partial charge on any atom is 0.126 e. The average Bonchev–Trinajstić information content (AvgIpc) is 2.76. The SMILES string of the molecule is COc1cc(Br)ccc1C1Sc2ccccc2N1C. The number of nitrogens with zero attached hydrogens (tertiary/aromatic N) is 1. The summed E-state index contributed by atoms with van der Waals surface area (Å²) in [7, 11) is 3.85. The Morgan fingerprint density at radius 2 is 2.00 bits per heavy atom. The Labute approximate surface area is 125 Å². The number of hydrogen-bond acceptors (Lipinski definition) is 3. The van der Waals surface area contributed by atoms with E-state index in [0.717, 1.165) is 10.2 Å². The molecule has 1 aliphatic rings. The van der Waals surface area contributed by atoms with Crippen LogP contribution >= 0.6 is 27.7 Å². The molecule has 98 valence electrons. The van der Waals surface area contributed by atoms with Crippen LogP contribution in [0.3, 0.4) is 0 Å². The molecule has 0 aromatic heterocycles. The molecule has 0 fully saturated rings. The third-order valence-corrected chi connectivity index (χ3v) is 5.18. The van der Waals surface area contributed by atoms with E-state index in [2.05, 4.69) is 64.3 Å². The van der Waals surface area contributed by atoms with Gasteiger partial charge in [-0.25, -0.2) is 0 Å². The predicted octanol–water partition coefficient (Wildman–Crippen LogP) is 4.70. The van der Waals surface area contributed by atoms with Crippen molar-refractivity contribution in [1.29, 1.82) is 0 Å². The maximum atomic E-state index is 5.52. The zero-order valence-corrected chi connectivity index (χ0v) is 13.2. The number of thioether (sulfide) groups is 1. The molecule has 1 unspecified atom stereocenters. The molecule has 1 aliphatic heterocycles. The number of benzene rings is 2. The topological polar surface area (TPSA) is 12.5 Å². The summed E-state index contributed by atoms with van der Waals surface area (Å²) in [6, 6.07) is 14.7. The predicted molar refractivity (Wildman–Crippen MR) is 84.1 cm³/mol. The van der Waals surface area contributed by atoms with Gasteiger partial charge in [0.2, 0.25) is 0 Å². The number of methoxy groups -OCH3 is 1. The molecule has 3 rings (SSSR count). The Morgan fingerprint density at radius 1 is 1.21 bits per heavy atom. The van der Waals surface area contributed by atoms with E-state index >= 15 is 0 Å². The average molecular weight is 336 g/mol. The molecular formula is C15H14BrNOS. The van der Waals surface area contributed by atoms with E-state index in [1.807, 2.05) is 17.8 Å². The zero-order valence-electron chi connectivity index (χ0n) is 10.8. The molecule has 0 saturated carbocycles. The van der Waals surface area contributed by atoms with Gasteiger partial charge in [-0.1, -0.05) is 45.9 Å². The van der Waals surface area contributed by atoms with Crippen LogP contribution in [-0.4, -0.2) is 14.2 Å². The van der Waals surface area contributed by atoms with E-state index in [-0.39, 0.29) is 5.37 Å². The Balaban J connectivity index is 2.02. The molecule has 0 aliphatic carbocycles. The van der Waals surface area contributed by atoms with Gasteiger partial charge in [0.1, 0.15) is 11.1 Å². The second-order valence-electron chi connectivity index (χ2n) is 4.44. The minimum atomic E-state index is 0.264. The van der Waals surface area contributed by atoms with Crippen LogP contribution in [0.1, 0.15) is 10.9 Å². The fourth-order valence-corrected chi connectivity index (χ4v) is 4.00. The smallest absolute Gasteiger partial charge is 0.126 e. The number of hydrogen-bond donors (Lipinski definition) is 0. The van der Waals surface area contributed by atoms with Crippen LogP contribution in [0.5, 0.6) is 5.75 Å². The van der Waals surface area contributed by atoms with Crippen LogP contribution in [0.25, 0.3) is 0 Å². The second-order valence-corrected chi connectivity index (χ2v) is 6.47. The van der Waals surface area contributed by atoms with Crippen LogP contribution < -0.4 is 9.64 Å². The van der Waals surface area contributed by atoms with Crippen molar-refractivity contribution in [3.63, 3.8) is 0 Å². The third-order valence-electron chi connectivity index (χ3n) is 3.30. The molecule has 0 spiro atoms. The summed E-state index contributed by atoms with van der Waals surface area (Å²) in [6.07, 6.45) is 0. The quantitative estimate of drug-likeness (QED) is 0.789. The Hall–Kier alpha value is -1.13. The fraction of sp³-hybridized carbons (Fsp3) is 0.200. The highest BCUT2D eigenvalue weighted by atomic mass is 79.9. The van der Waals surface area contributed by atoms with Gasteiger partial charge < -0.3 is 9.64 Å². The summed E-state index contributed by atoms with van der Waals surface area (Å²) < 4.78 is 6.55.